The Morgan fingerprint density at radius 1 is 1.21 bits per heavy atom. The molecule has 0 atom stereocenters. The second-order valence-electron chi connectivity index (χ2n) is 5.79. The minimum Gasteiger partial charge on any atom is -1.00 e. The molecule has 0 saturated heterocycles. The van der Waals surface area contributed by atoms with Crippen molar-refractivity contribution in [1.29, 1.82) is 0 Å². The molecule has 0 rings (SSSR count). The first-order valence-corrected chi connectivity index (χ1v) is 8.90. The summed E-state index contributed by atoms with van der Waals surface area (Å²) in [5.41, 5.74) is 0. The van der Waals surface area contributed by atoms with E-state index in [1.807, 2.05) is 6.08 Å². The summed E-state index contributed by atoms with van der Waals surface area (Å²) in [5.74, 6) is 0. The molecule has 0 aliphatic rings. The number of hydrogen-bond acceptors (Lipinski definition) is 0. The lowest BCUT2D eigenvalue weighted by molar-refractivity contribution is -0.884. The summed E-state index contributed by atoms with van der Waals surface area (Å²) < 4.78 is 1.09. The van der Waals surface area contributed by atoms with Crippen molar-refractivity contribution >= 4 is 8.07 Å². The second-order valence-corrected chi connectivity index (χ2v) is 11.4. The zero-order valence-electron chi connectivity index (χ0n) is 10.4. The van der Waals surface area contributed by atoms with Gasteiger partial charge in [0, 0.05) is 8.07 Å². The molecule has 0 unspecified atom stereocenters. The van der Waals surface area contributed by atoms with Crippen molar-refractivity contribution in [3.05, 3.63) is 12.7 Å². The third-order valence-electron chi connectivity index (χ3n) is 2.31. The fourth-order valence-electron chi connectivity index (χ4n) is 1.48. The van der Waals surface area contributed by atoms with Gasteiger partial charge in [0.15, 0.2) is 0 Å². The molecular weight excluding hydrogens is 210 g/mol. The average Bonchev–Trinajstić information content (AvgIpc) is 1.82. The van der Waals surface area contributed by atoms with E-state index < -0.39 is 8.07 Å². The van der Waals surface area contributed by atoms with E-state index in [0.29, 0.717) is 0 Å². The van der Waals surface area contributed by atoms with Crippen LogP contribution in [-0.4, -0.2) is 39.7 Å². The summed E-state index contributed by atoms with van der Waals surface area (Å²) in [6.07, 6.45) is 3.39. The van der Waals surface area contributed by atoms with E-state index in [1.165, 1.54) is 19.0 Å². The highest BCUT2D eigenvalue weighted by atomic mass is 35.5. The molecule has 1 nitrogen and oxygen atoms in total. The third-order valence-corrected chi connectivity index (χ3v) is 4.17. The normalized spacial score (nSPS) is 12.1. The Labute approximate surface area is 97.2 Å². The van der Waals surface area contributed by atoms with Gasteiger partial charge in [-0.05, 0) is 12.5 Å². The summed E-state index contributed by atoms with van der Waals surface area (Å²) >= 11 is 0. The second kappa shape index (κ2) is 6.65. The fraction of sp³-hybridized carbons (Fsp3) is 0.818. The first kappa shape index (κ1) is 16.6. The first-order chi connectivity index (χ1) is 5.77. The Hall–Kier alpha value is 0.207. The van der Waals surface area contributed by atoms with E-state index in [-0.39, 0.29) is 12.4 Å². The van der Waals surface area contributed by atoms with Crippen LogP contribution in [-0.2, 0) is 0 Å². The highest BCUT2D eigenvalue weighted by molar-refractivity contribution is 6.76. The minimum absolute atomic E-state index is 0. The quantitative estimate of drug-likeness (QED) is 0.345. The predicted molar refractivity (Wildman–Crippen MR) is 64.8 cm³/mol. The number of nitrogens with zero attached hydrogens (tertiary/aromatic N) is 1. The van der Waals surface area contributed by atoms with Crippen LogP contribution in [0.2, 0.25) is 25.7 Å². The lowest BCUT2D eigenvalue weighted by Gasteiger charge is -2.29. The van der Waals surface area contributed by atoms with Gasteiger partial charge in [-0.2, -0.15) is 0 Å². The van der Waals surface area contributed by atoms with Crippen molar-refractivity contribution in [1.82, 2.24) is 0 Å². The van der Waals surface area contributed by atoms with Gasteiger partial charge >= 0.3 is 0 Å². The maximum absolute atomic E-state index is 3.80. The highest BCUT2D eigenvalue weighted by Gasteiger charge is 2.17. The van der Waals surface area contributed by atoms with Gasteiger partial charge < -0.3 is 16.9 Å². The molecule has 0 aliphatic heterocycles. The molecule has 0 aromatic heterocycles. The summed E-state index contributed by atoms with van der Waals surface area (Å²) in [7, 11) is 3.75. The van der Waals surface area contributed by atoms with Crippen LogP contribution in [0.4, 0.5) is 0 Å². The number of quaternary nitrogens is 1. The highest BCUT2D eigenvalue weighted by Crippen LogP contribution is 2.12. The summed E-state index contributed by atoms with van der Waals surface area (Å²) in [4.78, 5) is 0. The molecule has 0 amide bonds. The van der Waals surface area contributed by atoms with Crippen LogP contribution in [0.5, 0.6) is 0 Å². The molecule has 0 radical (unpaired) electrons. The summed E-state index contributed by atoms with van der Waals surface area (Å²) in [5, 5.41) is 0. The lowest BCUT2D eigenvalue weighted by Crippen LogP contribution is -3.00. The van der Waals surface area contributed by atoms with Crippen molar-refractivity contribution in [2.75, 3.05) is 27.2 Å². The lowest BCUT2D eigenvalue weighted by atomic mass is 10.3. The zero-order valence-corrected chi connectivity index (χ0v) is 12.2. The SMILES string of the molecule is C=CC[N+](C)(C)CCC[Si](C)(C)C.[Cl-]. The topological polar surface area (TPSA) is 0 Å². The Balaban J connectivity index is 0. The molecule has 0 spiro atoms. The maximum atomic E-state index is 3.80. The molecule has 0 heterocycles. The van der Waals surface area contributed by atoms with E-state index in [1.54, 1.807) is 0 Å². The minimum atomic E-state index is -0.816. The number of rotatable bonds is 6. The van der Waals surface area contributed by atoms with E-state index >= 15 is 0 Å². The summed E-state index contributed by atoms with van der Waals surface area (Å²) in [6, 6.07) is 1.45. The molecule has 0 aliphatic carbocycles. The Morgan fingerprint density at radius 2 is 1.71 bits per heavy atom. The van der Waals surface area contributed by atoms with Gasteiger partial charge in [0.1, 0.15) is 0 Å². The smallest absolute Gasteiger partial charge is 0.0966 e. The van der Waals surface area contributed by atoms with Crippen LogP contribution in [0, 0.1) is 0 Å². The molecular formula is C11H26ClNSi. The van der Waals surface area contributed by atoms with Crippen LogP contribution < -0.4 is 12.4 Å². The average molecular weight is 236 g/mol. The van der Waals surface area contributed by atoms with E-state index in [9.17, 15) is 0 Å². The van der Waals surface area contributed by atoms with Gasteiger partial charge in [0.25, 0.3) is 0 Å². The number of hydrogen-bond donors (Lipinski definition) is 0. The monoisotopic (exact) mass is 235 g/mol. The molecule has 0 fully saturated rings. The van der Waals surface area contributed by atoms with Crippen molar-refractivity contribution in [2.45, 2.75) is 32.1 Å². The van der Waals surface area contributed by atoms with Crippen molar-refractivity contribution in [3.8, 4) is 0 Å². The van der Waals surface area contributed by atoms with E-state index in [2.05, 4.69) is 40.3 Å². The number of likely N-dealkylation sites (N-methyl/N-ethyl adjacent to an activating group) is 1. The zero-order chi connectivity index (χ0) is 10.5. The first-order valence-electron chi connectivity index (χ1n) is 5.20. The van der Waals surface area contributed by atoms with Gasteiger partial charge in [-0.3, -0.25) is 0 Å². The number of halogens is 1. The van der Waals surface area contributed by atoms with Crippen LogP contribution in [0.1, 0.15) is 6.42 Å². The standard InChI is InChI=1S/C11H26NSi.ClH/c1-7-9-12(2,3)10-8-11-13(4,5)6;/h7H,1,8-11H2,2-6H3;1H/q+1;/p-1. The van der Waals surface area contributed by atoms with Crippen molar-refractivity contribution in [2.24, 2.45) is 0 Å². The van der Waals surface area contributed by atoms with Gasteiger partial charge in [-0.15, -0.1) is 0 Å². The molecule has 86 valence electrons. The van der Waals surface area contributed by atoms with Crippen LogP contribution >= 0.6 is 0 Å². The van der Waals surface area contributed by atoms with Gasteiger partial charge in [-0.25, -0.2) is 0 Å². The molecule has 3 heteroatoms. The predicted octanol–water partition coefficient (Wildman–Crippen LogP) is -0.0189. The maximum Gasteiger partial charge on any atom is 0.0966 e. The summed E-state index contributed by atoms with van der Waals surface area (Å²) in [6.45, 7) is 13.5. The molecule has 14 heavy (non-hydrogen) atoms. The van der Waals surface area contributed by atoms with Crippen LogP contribution in [0.25, 0.3) is 0 Å². The van der Waals surface area contributed by atoms with Crippen LogP contribution in [0.3, 0.4) is 0 Å². The van der Waals surface area contributed by atoms with Gasteiger partial charge in [0.2, 0.25) is 0 Å². The van der Waals surface area contributed by atoms with E-state index in [0.717, 1.165) is 11.0 Å². The Bertz CT molecular complexity index is 161. The van der Waals surface area contributed by atoms with Gasteiger partial charge in [0.05, 0.1) is 27.2 Å². The van der Waals surface area contributed by atoms with E-state index in [4.69, 9.17) is 0 Å². The molecule has 0 aromatic rings. The van der Waals surface area contributed by atoms with Crippen LogP contribution in [0.15, 0.2) is 12.7 Å². The van der Waals surface area contributed by atoms with Crippen molar-refractivity contribution < 1.29 is 16.9 Å². The molecule has 0 bridgehead atoms. The Morgan fingerprint density at radius 3 is 2.07 bits per heavy atom. The molecule has 0 saturated carbocycles. The fourth-order valence-corrected chi connectivity index (χ4v) is 2.70. The third kappa shape index (κ3) is 10.3. The van der Waals surface area contributed by atoms with Crippen molar-refractivity contribution in [3.63, 3.8) is 0 Å². The molecule has 0 aromatic carbocycles. The largest absolute Gasteiger partial charge is 1.00 e. The van der Waals surface area contributed by atoms with Gasteiger partial charge in [-0.1, -0.05) is 32.3 Å². The Kier molecular flexibility index (Phi) is 7.90. The molecule has 0 N–H and O–H groups in total.